The highest BCUT2D eigenvalue weighted by atomic mass is 79.9. The molecule has 1 fully saturated rings. The largest absolute Gasteiger partial charge is 0.490 e. The van der Waals surface area contributed by atoms with E-state index in [0.29, 0.717) is 55.9 Å². The number of benzene rings is 2. The van der Waals surface area contributed by atoms with Gasteiger partial charge in [0.2, 0.25) is 5.91 Å². The first-order chi connectivity index (χ1) is 22.2. The number of alkyl halides is 1. The van der Waals surface area contributed by atoms with E-state index in [9.17, 15) is 14.7 Å². The summed E-state index contributed by atoms with van der Waals surface area (Å²) in [6.45, 7) is 3.06. The van der Waals surface area contributed by atoms with Gasteiger partial charge in [0.25, 0.3) is 0 Å². The van der Waals surface area contributed by atoms with Crippen LogP contribution in [-0.2, 0) is 36.5 Å². The molecule has 0 unspecified atom stereocenters. The third-order valence-electron chi connectivity index (χ3n) is 10.6. The molecule has 6 rings (SSSR count). The van der Waals surface area contributed by atoms with Gasteiger partial charge in [0, 0.05) is 42.4 Å². The van der Waals surface area contributed by atoms with Crippen molar-refractivity contribution in [3.05, 3.63) is 70.3 Å². The van der Waals surface area contributed by atoms with Crippen LogP contribution in [0, 0.1) is 11.8 Å². The van der Waals surface area contributed by atoms with E-state index in [0.717, 1.165) is 54.7 Å². The normalized spacial score (nSPS) is 30.4. The number of amides is 1. The smallest absolute Gasteiger partial charge is 0.343 e. The Balaban J connectivity index is 1.46. The van der Waals surface area contributed by atoms with Crippen LogP contribution in [0.15, 0.2) is 48.6 Å². The topological polar surface area (TPSA) is 88.5 Å². The molecule has 10 heteroatoms. The maximum Gasteiger partial charge on any atom is 0.343 e. The van der Waals surface area contributed by atoms with Crippen LogP contribution >= 0.6 is 27.5 Å². The molecule has 2 aromatic carbocycles. The minimum absolute atomic E-state index is 0.0184. The molecule has 4 aliphatic rings. The summed E-state index contributed by atoms with van der Waals surface area (Å²) in [7, 11) is 2.93. The van der Waals surface area contributed by atoms with Crippen LogP contribution < -0.4 is 9.64 Å². The van der Waals surface area contributed by atoms with Gasteiger partial charge in [-0.1, -0.05) is 51.8 Å². The van der Waals surface area contributed by atoms with E-state index in [1.54, 1.807) is 18.0 Å². The Kier molecular flexibility index (Phi) is 10.0. The zero-order valence-electron chi connectivity index (χ0n) is 26.7. The van der Waals surface area contributed by atoms with E-state index in [1.165, 1.54) is 18.2 Å². The molecule has 248 valence electrons. The van der Waals surface area contributed by atoms with Crippen molar-refractivity contribution >= 4 is 45.1 Å². The Bertz CT molecular complexity index is 1490. The lowest BCUT2D eigenvalue weighted by Crippen LogP contribution is -2.50. The molecule has 2 bridgehead atoms. The predicted octanol–water partition coefficient (Wildman–Crippen LogP) is 5.79. The molecular formula is C36H44BrClN2O6. The number of aliphatic hydroxyl groups is 1. The van der Waals surface area contributed by atoms with E-state index in [4.69, 9.17) is 25.8 Å². The van der Waals surface area contributed by atoms with Crippen LogP contribution in [0.25, 0.3) is 0 Å². The highest BCUT2D eigenvalue weighted by Crippen LogP contribution is 2.48. The number of fused-ring (bicyclic) bond motifs is 4. The lowest BCUT2D eigenvalue weighted by atomic mass is 9.68. The second kappa shape index (κ2) is 13.9. The number of rotatable bonds is 4. The molecule has 46 heavy (non-hydrogen) atoms. The van der Waals surface area contributed by atoms with Crippen molar-refractivity contribution < 1.29 is 28.9 Å². The van der Waals surface area contributed by atoms with Gasteiger partial charge < -0.3 is 29.1 Å². The van der Waals surface area contributed by atoms with Crippen molar-refractivity contribution in [1.82, 2.24) is 4.90 Å². The fourth-order valence-electron chi connectivity index (χ4n) is 7.85. The number of nitrogens with zero attached hydrogens (tertiary/aromatic N) is 2. The number of hydrogen-bond acceptors (Lipinski definition) is 7. The first kappa shape index (κ1) is 33.3. The number of halogens is 2. The van der Waals surface area contributed by atoms with Gasteiger partial charge in [-0.3, -0.25) is 4.79 Å². The first-order valence-corrected chi connectivity index (χ1v) is 17.9. The number of aryl methyl sites for hydroxylation is 1. The minimum atomic E-state index is -2.15. The average Bonchev–Trinajstić information content (AvgIpc) is 3.19. The molecule has 1 N–H and O–H groups in total. The third kappa shape index (κ3) is 6.45. The Morgan fingerprint density at radius 1 is 1.22 bits per heavy atom. The SMILES string of the molecule is COC(=O)[C@@]1(O)CC(=O)N(C)CC/C=C/[C@H](OCCBr)[C@@H]2CC[C@H]2CN2C[C@@]3(CCCc4cc(Cl)ccc43)COc3ccc1cc32. The number of carbonyl (C=O) groups excluding carboxylic acids is 2. The van der Waals surface area contributed by atoms with Crippen LogP contribution in [0.1, 0.15) is 55.2 Å². The molecule has 0 saturated heterocycles. The minimum Gasteiger partial charge on any atom is -0.490 e. The number of ether oxygens (including phenoxy) is 3. The molecule has 2 heterocycles. The predicted molar refractivity (Wildman–Crippen MR) is 182 cm³/mol. The molecule has 2 aromatic rings. The molecule has 8 nitrogen and oxygen atoms in total. The van der Waals surface area contributed by atoms with Crippen LogP contribution in [0.4, 0.5) is 5.69 Å². The Labute approximate surface area is 285 Å². The number of methoxy groups -OCH3 is 1. The van der Waals surface area contributed by atoms with Gasteiger partial charge in [-0.05, 0) is 91.3 Å². The van der Waals surface area contributed by atoms with E-state index in [2.05, 4.69) is 45.1 Å². The highest BCUT2D eigenvalue weighted by molar-refractivity contribution is 9.09. The van der Waals surface area contributed by atoms with Gasteiger partial charge in [-0.25, -0.2) is 4.79 Å². The summed E-state index contributed by atoms with van der Waals surface area (Å²) in [5, 5.41) is 13.4. The van der Waals surface area contributed by atoms with Crippen LogP contribution in [0.3, 0.4) is 0 Å². The lowest BCUT2D eigenvalue weighted by Gasteiger charge is -2.46. The lowest BCUT2D eigenvalue weighted by molar-refractivity contribution is -0.168. The number of anilines is 1. The summed E-state index contributed by atoms with van der Waals surface area (Å²) in [5.74, 6) is 0.206. The number of esters is 1. The van der Waals surface area contributed by atoms with Crippen molar-refractivity contribution in [1.29, 1.82) is 0 Å². The summed E-state index contributed by atoms with van der Waals surface area (Å²) < 4.78 is 18.1. The fourth-order valence-corrected chi connectivity index (χ4v) is 8.23. The second-order valence-corrected chi connectivity index (χ2v) is 14.6. The second-order valence-electron chi connectivity index (χ2n) is 13.4. The van der Waals surface area contributed by atoms with E-state index in [-0.39, 0.29) is 17.4 Å². The molecular weight excluding hydrogens is 672 g/mol. The van der Waals surface area contributed by atoms with Gasteiger partial charge in [0.05, 0.1) is 38.5 Å². The molecule has 2 aliphatic carbocycles. The van der Waals surface area contributed by atoms with Gasteiger partial charge in [-0.2, -0.15) is 0 Å². The summed E-state index contributed by atoms with van der Waals surface area (Å²) >= 11 is 9.97. The summed E-state index contributed by atoms with van der Waals surface area (Å²) in [5.41, 5.74) is 1.25. The zero-order chi connectivity index (χ0) is 32.5. The quantitative estimate of drug-likeness (QED) is 0.244. The van der Waals surface area contributed by atoms with Crippen molar-refractivity contribution in [3.8, 4) is 5.75 Å². The van der Waals surface area contributed by atoms with Crippen LogP contribution in [-0.4, -0.2) is 80.3 Å². The molecule has 1 spiro atoms. The van der Waals surface area contributed by atoms with Crippen molar-refractivity contribution in [2.75, 3.05) is 57.2 Å². The van der Waals surface area contributed by atoms with E-state index < -0.39 is 18.0 Å². The summed E-state index contributed by atoms with van der Waals surface area (Å²) in [6, 6.07) is 11.6. The number of hydrogen-bond donors (Lipinski definition) is 1. The number of carbonyl (C=O) groups is 2. The highest BCUT2D eigenvalue weighted by Gasteiger charge is 2.46. The Hall–Kier alpha value is -2.59. The van der Waals surface area contributed by atoms with E-state index in [1.807, 2.05) is 18.2 Å². The standard InChI is InChI=1S/C36H44BrClN2O6/c1-39-16-4-3-7-31(45-17-15-37)28-11-8-25(28)21-40-22-35(14-5-6-24-18-27(38)10-12-29(24)35)23-46-32-13-9-26(19-30(32)40)36(43,20-33(39)41)34(42)44-2/h3,7,9-10,12-13,18-19,25,28,31,43H,4-6,8,11,14-17,20-23H2,1-2H3/b7-3+/t25-,28+,31-,35-,36+/m0/s1. The molecule has 0 radical (unpaired) electrons. The maximum absolute atomic E-state index is 13.4. The zero-order valence-corrected chi connectivity index (χ0v) is 29.0. The molecule has 5 atom stereocenters. The maximum atomic E-state index is 13.4. The van der Waals surface area contributed by atoms with Crippen molar-refractivity contribution in [2.24, 2.45) is 11.8 Å². The van der Waals surface area contributed by atoms with Gasteiger partial charge in [0.15, 0.2) is 5.60 Å². The van der Waals surface area contributed by atoms with Crippen LogP contribution in [0.2, 0.25) is 5.02 Å². The van der Waals surface area contributed by atoms with Crippen LogP contribution in [0.5, 0.6) is 5.75 Å². The van der Waals surface area contributed by atoms with Gasteiger partial charge in [-0.15, -0.1) is 0 Å². The monoisotopic (exact) mass is 714 g/mol. The molecule has 2 aliphatic heterocycles. The average molecular weight is 716 g/mol. The molecule has 0 aromatic heterocycles. The molecule has 1 saturated carbocycles. The molecule has 1 amide bonds. The fraction of sp³-hybridized carbons (Fsp3) is 0.556. The van der Waals surface area contributed by atoms with Crippen molar-refractivity contribution in [2.45, 2.75) is 62.1 Å². The Morgan fingerprint density at radius 3 is 2.83 bits per heavy atom. The Morgan fingerprint density at radius 2 is 2.07 bits per heavy atom. The summed E-state index contributed by atoms with van der Waals surface area (Å²) in [4.78, 5) is 30.6. The van der Waals surface area contributed by atoms with Crippen molar-refractivity contribution in [3.63, 3.8) is 0 Å². The van der Waals surface area contributed by atoms with E-state index >= 15 is 0 Å². The first-order valence-electron chi connectivity index (χ1n) is 16.4. The third-order valence-corrected chi connectivity index (χ3v) is 11.1. The van der Waals surface area contributed by atoms with Gasteiger partial charge in [0.1, 0.15) is 5.75 Å². The van der Waals surface area contributed by atoms with Gasteiger partial charge >= 0.3 is 5.97 Å². The summed E-state index contributed by atoms with van der Waals surface area (Å²) in [6.07, 6.45) is 9.59.